The molecule has 0 N–H and O–H groups in total. The van der Waals surface area contributed by atoms with Crippen molar-refractivity contribution in [2.75, 3.05) is 0 Å². The van der Waals surface area contributed by atoms with Crippen LogP contribution in [0.4, 0.5) is 0 Å². The molecule has 1 rings (SSSR count). The van der Waals surface area contributed by atoms with E-state index in [2.05, 4.69) is 15.3 Å². The molecule has 0 saturated carbocycles. The molecule has 0 spiro atoms. The predicted octanol–water partition coefficient (Wildman–Crippen LogP) is 0.860. The molecule has 1 heterocycles. The fraction of sp³-hybridized carbons (Fsp3) is 0. The molecule has 0 aromatic rings. The Bertz CT molecular complexity index is 121. The van der Waals surface area contributed by atoms with Crippen molar-refractivity contribution >= 4 is 24.2 Å². The van der Waals surface area contributed by atoms with Crippen molar-refractivity contribution in [2.24, 2.45) is 9.39 Å². The van der Waals surface area contributed by atoms with Crippen LogP contribution in [0.3, 0.4) is 0 Å². The molecule has 3 heteroatoms. The topological polar surface area (TPSA) is 24.7 Å². The fourth-order valence-corrected chi connectivity index (χ4v) is 0.439. The highest BCUT2D eigenvalue weighted by molar-refractivity contribution is 8.01. The van der Waals surface area contributed by atoms with E-state index in [1.807, 2.05) is 0 Å². The van der Waals surface area contributed by atoms with Gasteiger partial charge >= 0.3 is 0 Å². The first-order chi connectivity index (χ1) is 3.00. The third-order valence-corrected chi connectivity index (χ3v) is 0.772. The molecule has 1 aliphatic heterocycles. The maximum atomic E-state index is 3.68. The zero-order chi connectivity index (χ0) is 4.24. The number of nitrogens with zero attached hydrogens (tertiary/aromatic N) is 2. The van der Waals surface area contributed by atoms with Gasteiger partial charge in [0.15, 0.2) is 0 Å². The number of hydrogen-bond donors (Lipinski definition) is 0. The normalized spacial score (nSPS) is 16.0. The Morgan fingerprint density at radius 1 is 1.67 bits per heavy atom. The van der Waals surface area contributed by atoms with Gasteiger partial charge in [-0.1, -0.05) is 0 Å². The molecule has 0 radical (unpaired) electrons. The summed E-state index contributed by atoms with van der Waals surface area (Å²) in [7, 11) is 0. The highest BCUT2D eigenvalue weighted by atomic mass is 32.2. The molecule has 1 aliphatic rings. The van der Waals surface area contributed by atoms with E-state index >= 15 is 0 Å². The molecular formula is C3H2N2S. The summed E-state index contributed by atoms with van der Waals surface area (Å²) in [6.45, 7) is 0. The van der Waals surface area contributed by atoms with Gasteiger partial charge in [-0.3, -0.25) is 0 Å². The van der Waals surface area contributed by atoms with Crippen molar-refractivity contribution in [3.05, 3.63) is 5.41 Å². The smallest absolute Gasteiger partial charge is 0.134 e. The van der Waals surface area contributed by atoms with Gasteiger partial charge in [0.25, 0.3) is 0 Å². The molecule has 0 unspecified atom stereocenters. The molecule has 0 saturated heterocycles. The number of rotatable bonds is 0. The summed E-state index contributed by atoms with van der Waals surface area (Å²) in [5.74, 6) is 2.60. The second kappa shape index (κ2) is 1.80. The van der Waals surface area contributed by atoms with Crippen LogP contribution in [0.5, 0.6) is 0 Å². The van der Waals surface area contributed by atoms with Crippen molar-refractivity contribution in [1.29, 1.82) is 0 Å². The van der Waals surface area contributed by atoms with Gasteiger partial charge in [-0.2, -0.15) is 9.39 Å². The first kappa shape index (κ1) is 3.65. The third kappa shape index (κ3) is 0.708. The second-order valence-corrected chi connectivity index (χ2v) is 1.36. The molecule has 0 atom stereocenters. The molecule has 0 bridgehead atoms. The van der Waals surface area contributed by atoms with Crippen LogP contribution in [0.2, 0.25) is 0 Å². The van der Waals surface area contributed by atoms with Crippen LogP contribution in [0.1, 0.15) is 0 Å². The lowest BCUT2D eigenvalue weighted by Gasteiger charge is -1.77. The van der Waals surface area contributed by atoms with E-state index in [0.29, 0.717) is 0 Å². The van der Waals surface area contributed by atoms with Crippen molar-refractivity contribution in [2.45, 2.75) is 0 Å². The average molecular weight is 98.1 g/mol. The van der Waals surface area contributed by atoms with E-state index in [-0.39, 0.29) is 0 Å². The zero-order valence-corrected chi connectivity index (χ0v) is 3.77. The largest absolute Gasteiger partial charge is 0.199 e. The molecule has 2 nitrogen and oxygen atoms in total. The highest BCUT2D eigenvalue weighted by Gasteiger charge is 1.71. The summed E-state index contributed by atoms with van der Waals surface area (Å²) in [6.07, 6.45) is 1.46. The summed E-state index contributed by atoms with van der Waals surface area (Å²) < 4.78 is 3.68. The van der Waals surface area contributed by atoms with Crippen LogP contribution in [-0.4, -0.2) is 12.2 Å². The summed E-state index contributed by atoms with van der Waals surface area (Å²) in [6, 6.07) is 0. The number of hydrogen-bond acceptors (Lipinski definition) is 3. The van der Waals surface area contributed by atoms with Crippen LogP contribution in [0, 0.1) is 0 Å². The maximum absolute atomic E-state index is 3.68. The quantitative estimate of drug-likeness (QED) is 0.412. The van der Waals surface area contributed by atoms with Crippen molar-refractivity contribution in [3.63, 3.8) is 0 Å². The van der Waals surface area contributed by atoms with E-state index in [9.17, 15) is 0 Å². The molecule has 6 heavy (non-hydrogen) atoms. The van der Waals surface area contributed by atoms with Crippen LogP contribution in [0.15, 0.2) is 14.8 Å². The van der Waals surface area contributed by atoms with Gasteiger partial charge in [0.2, 0.25) is 0 Å². The first-order valence-corrected chi connectivity index (χ1v) is 2.28. The highest BCUT2D eigenvalue weighted by Crippen LogP contribution is 2.00. The maximum Gasteiger partial charge on any atom is 0.134 e. The Labute approximate surface area is 39.8 Å². The Hall–Kier alpha value is -0.530. The molecule has 0 aliphatic carbocycles. The van der Waals surface area contributed by atoms with Crippen LogP contribution >= 0.6 is 11.9 Å². The van der Waals surface area contributed by atoms with Crippen LogP contribution in [0.25, 0.3) is 0 Å². The van der Waals surface area contributed by atoms with Crippen molar-refractivity contribution < 1.29 is 0 Å². The lowest BCUT2D eigenvalue weighted by atomic mass is 11.1. The summed E-state index contributed by atoms with van der Waals surface area (Å²) in [5, 5.41) is 1.69. The average Bonchev–Trinajstić information content (AvgIpc) is 1.72. The second-order valence-electron chi connectivity index (χ2n) is 0.702. The van der Waals surface area contributed by atoms with Gasteiger partial charge in [-0.25, -0.2) is 0 Å². The molecule has 30 valence electrons. The Kier molecular flexibility index (Phi) is 1.10. The van der Waals surface area contributed by atoms with E-state index in [1.165, 1.54) is 18.3 Å². The summed E-state index contributed by atoms with van der Waals surface area (Å²) >= 11 is 1.33. The molecule has 0 aromatic carbocycles. The Morgan fingerprint density at radius 3 is 2.83 bits per heavy atom. The SMILES string of the molecule is C1=CSN=CN=1. The van der Waals surface area contributed by atoms with E-state index in [1.54, 1.807) is 5.41 Å². The minimum atomic E-state index is 1.33. The van der Waals surface area contributed by atoms with Gasteiger partial charge < -0.3 is 0 Å². The van der Waals surface area contributed by atoms with Crippen LogP contribution < -0.4 is 0 Å². The first-order valence-electron chi connectivity index (χ1n) is 1.45. The lowest BCUT2D eigenvalue weighted by Crippen LogP contribution is -1.63. The lowest BCUT2D eigenvalue weighted by molar-refractivity contribution is 1.77. The standard InChI is InChI=1S/C3H2N2S/c1-2-6-5-3-4-1/h2-3H. The van der Waals surface area contributed by atoms with Crippen molar-refractivity contribution in [1.82, 2.24) is 0 Å². The van der Waals surface area contributed by atoms with Gasteiger partial charge in [-0.05, 0) is 5.87 Å². The molecular weight excluding hydrogens is 96.1 g/mol. The summed E-state index contributed by atoms with van der Waals surface area (Å²) in [5.41, 5.74) is 0. The molecule has 0 aromatic heterocycles. The van der Waals surface area contributed by atoms with Crippen LogP contribution in [-0.2, 0) is 0 Å². The Balaban J connectivity index is 2.78. The monoisotopic (exact) mass is 98.0 g/mol. The predicted molar refractivity (Wildman–Crippen MR) is 28.1 cm³/mol. The minimum Gasteiger partial charge on any atom is -0.199 e. The minimum absolute atomic E-state index is 1.33. The van der Waals surface area contributed by atoms with Crippen molar-refractivity contribution in [3.8, 4) is 0 Å². The van der Waals surface area contributed by atoms with E-state index < -0.39 is 0 Å². The molecule has 0 fully saturated rings. The number of aliphatic imine (C=N–C) groups is 1. The van der Waals surface area contributed by atoms with E-state index in [4.69, 9.17) is 0 Å². The van der Waals surface area contributed by atoms with Gasteiger partial charge in [0, 0.05) is 11.9 Å². The molecule has 0 amide bonds. The third-order valence-electron chi connectivity index (χ3n) is 0.346. The fourth-order valence-electron chi connectivity index (χ4n) is 0.169. The van der Waals surface area contributed by atoms with Gasteiger partial charge in [0.1, 0.15) is 6.34 Å². The van der Waals surface area contributed by atoms with E-state index in [0.717, 1.165) is 0 Å². The Morgan fingerprint density at radius 2 is 2.67 bits per heavy atom. The zero-order valence-electron chi connectivity index (χ0n) is 2.96. The van der Waals surface area contributed by atoms with Gasteiger partial charge in [0.05, 0.1) is 5.41 Å². The summed E-state index contributed by atoms with van der Waals surface area (Å²) in [4.78, 5) is 3.56. The van der Waals surface area contributed by atoms with Gasteiger partial charge in [-0.15, -0.1) is 0 Å².